The van der Waals surface area contributed by atoms with E-state index < -0.39 is 27.0 Å². The zero-order chi connectivity index (χ0) is 16.9. The number of rotatable bonds is 2. The largest absolute Gasteiger partial charge is 0.868 e. The number of benzene rings is 1. The summed E-state index contributed by atoms with van der Waals surface area (Å²) in [5.41, 5.74) is 1.08. The average Bonchev–Trinajstić information content (AvgIpc) is 2.45. The monoisotopic (exact) mass is 306 g/mol. The maximum atomic E-state index is 10.8. The number of aryl methyl sites for hydroxylation is 1. The second-order valence-electron chi connectivity index (χ2n) is 4.35. The van der Waals surface area contributed by atoms with Crippen molar-refractivity contribution in [2.24, 2.45) is 0 Å². The first kappa shape index (κ1) is 16.8. The lowest BCUT2D eigenvalue weighted by Crippen LogP contribution is -2.47. The molecule has 2 aromatic rings. The summed E-state index contributed by atoms with van der Waals surface area (Å²) in [6.45, 7) is 4.04. The van der Waals surface area contributed by atoms with Gasteiger partial charge in [0.1, 0.15) is 0 Å². The van der Waals surface area contributed by atoms with Crippen molar-refractivity contribution in [3.05, 3.63) is 68.0 Å². The lowest BCUT2D eigenvalue weighted by atomic mass is 10.2. The van der Waals surface area contributed by atoms with Crippen molar-refractivity contribution < 1.29 is 19.6 Å². The highest BCUT2D eigenvalue weighted by molar-refractivity contribution is 5.51. The van der Waals surface area contributed by atoms with Gasteiger partial charge in [0, 0.05) is 24.6 Å². The van der Waals surface area contributed by atoms with Crippen molar-refractivity contribution in [1.82, 2.24) is 0 Å². The van der Waals surface area contributed by atoms with E-state index in [-0.39, 0.29) is 0 Å². The molecule has 1 aromatic carbocycles. The van der Waals surface area contributed by atoms with Crippen LogP contribution in [0, 0.1) is 34.1 Å². The Kier molecular flexibility index (Phi) is 5.33. The van der Waals surface area contributed by atoms with E-state index in [0.29, 0.717) is 6.07 Å². The molecule has 0 aliphatic heterocycles. The number of aromatic nitrogens is 1. The van der Waals surface area contributed by atoms with Gasteiger partial charge in [0.15, 0.2) is 6.20 Å². The number of hydrogen-bond donors (Lipinski definition) is 1. The Morgan fingerprint density at radius 2 is 1.73 bits per heavy atom. The Morgan fingerprint density at radius 3 is 2.18 bits per heavy atom. The van der Waals surface area contributed by atoms with Gasteiger partial charge in [0.2, 0.25) is 5.69 Å². The zero-order valence-electron chi connectivity index (χ0n) is 11.9. The summed E-state index contributed by atoms with van der Waals surface area (Å²) in [4.78, 5) is 18.6. The number of nitrogens with two attached hydrogens (primary N) is 1. The predicted octanol–water partition coefficient (Wildman–Crippen LogP) is 0.881. The summed E-state index contributed by atoms with van der Waals surface area (Å²) in [5.74, 6) is 4.70. The normalized spacial score (nSPS) is 9.55. The second kappa shape index (κ2) is 6.97. The summed E-state index contributed by atoms with van der Waals surface area (Å²) in [6.07, 6.45) is 1.84. The van der Waals surface area contributed by atoms with Crippen LogP contribution in [0.5, 0.6) is 5.75 Å². The van der Waals surface area contributed by atoms with Gasteiger partial charge in [-0.1, -0.05) is 10.7 Å². The van der Waals surface area contributed by atoms with Gasteiger partial charge >= 0.3 is 0 Å². The van der Waals surface area contributed by atoms with E-state index in [2.05, 4.69) is 0 Å². The molecule has 0 saturated carbocycles. The third kappa shape index (κ3) is 4.13. The lowest BCUT2D eigenvalue weighted by Gasteiger charge is -2.03. The fourth-order valence-electron chi connectivity index (χ4n) is 1.48. The Bertz CT molecular complexity index is 697. The third-order valence-corrected chi connectivity index (χ3v) is 2.90. The molecule has 1 heterocycles. The summed E-state index contributed by atoms with van der Waals surface area (Å²) < 4.78 is 1.62. The Balaban J connectivity index is 0.000000235. The molecule has 0 aliphatic carbocycles. The molecule has 116 valence electrons. The molecule has 1 aromatic heterocycles. The quantitative estimate of drug-likeness (QED) is 0.378. The van der Waals surface area contributed by atoms with Crippen LogP contribution in [0.15, 0.2) is 36.5 Å². The Morgan fingerprint density at radius 1 is 1.09 bits per heavy atom. The van der Waals surface area contributed by atoms with Crippen LogP contribution < -0.4 is 15.6 Å². The van der Waals surface area contributed by atoms with E-state index in [1.54, 1.807) is 4.68 Å². The first-order valence-electron chi connectivity index (χ1n) is 6.07. The molecule has 0 bridgehead atoms. The van der Waals surface area contributed by atoms with Crippen molar-refractivity contribution in [1.29, 1.82) is 0 Å². The fourth-order valence-corrected chi connectivity index (χ4v) is 1.48. The van der Waals surface area contributed by atoms with Crippen molar-refractivity contribution >= 4 is 11.4 Å². The third-order valence-electron chi connectivity index (χ3n) is 2.90. The van der Waals surface area contributed by atoms with E-state index in [4.69, 9.17) is 5.84 Å². The maximum absolute atomic E-state index is 10.8. The molecule has 0 aliphatic rings. The number of pyridine rings is 1. The molecule has 2 N–H and O–H groups in total. The van der Waals surface area contributed by atoms with Crippen LogP contribution in [0.2, 0.25) is 0 Å². The van der Waals surface area contributed by atoms with Crippen molar-refractivity contribution in [2.75, 3.05) is 5.84 Å². The highest BCUT2D eigenvalue weighted by Crippen LogP contribution is 2.27. The molecular weight excluding hydrogens is 292 g/mol. The molecule has 0 amide bonds. The molecule has 2 rings (SSSR count). The van der Waals surface area contributed by atoms with Crippen LogP contribution in [0.4, 0.5) is 11.4 Å². The Hall–Kier alpha value is -3.23. The molecule has 0 radical (unpaired) electrons. The minimum Gasteiger partial charge on any atom is -0.868 e. The smallest absolute Gasteiger partial charge is 0.276 e. The topological polar surface area (TPSA) is 139 Å². The summed E-state index contributed by atoms with van der Waals surface area (Å²) in [6, 6.07) is 6.34. The van der Waals surface area contributed by atoms with Gasteiger partial charge < -0.3 is 5.11 Å². The number of nitro groups is 2. The molecule has 22 heavy (non-hydrogen) atoms. The van der Waals surface area contributed by atoms with Crippen LogP contribution in [-0.2, 0) is 0 Å². The molecule has 0 unspecified atom stereocenters. The molecule has 0 spiro atoms. The summed E-state index contributed by atoms with van der Waals surface area (Å²) in [5, 5.41) is 31.1. The van der Waals surface area contributed by atoms with Gasteiger partial charge in [-0.2, -0.15) is 0 Å². The number of hydrogen-bond acceptors (Lipinski definition) is 6. The van der Waals surface area contributed by atoms with Crippen LogP contribution in [0.3, 0.4) is 0 Å². The van der Waals surface area contributed by atoms with Crippen LogP contribution in [0.25, 0.3) is 0 Å². The van der Waals surface area contributed by atoms with Crippen LogP contribution >= 0.6 is 0 Å². The number of nitrogen functional groups attached to an aromatic ring is 1. The molecule has 0 atom stereocenters. The van der Waals surface area contributed by atoms with Gasteiger partial charge in [-0.15, -0.1) is 0 Å². The van der Waals surface area contributed by atoms with Crippen molar-refractivity contribution in [2.45, 2.75) is 13.8 Å². The number of non-ortho nitro benzene ring substituents is 1. The van der Waals surface area contributed by atoms with Gasteiger partial charge in [-0.3, -0.25) is 20.2 Å². The van der Waals surface area contributed by atoms with Crippen LogP contribution in [-0.4, -0.2) is 9.85 Å². The predicted molar refractivity (Wildman–Crippen MR) is 75.5 cm³/mol. The molecular formula is C13H14N4O5. The average molecular weight is 306 g/mol. The lowest BCUT2D eigenvalue weighted by molar-refractivity contribution is -0.645. The minimum atomic E-state index is -0.949. The minimum absolute atomic E-state index is 0.466. The summed E-state index contributed by atoms with van der Waals surface area (Å²) in [7, 11) is 0. The summed E-state index contributed by atoms with van der Waals surface area (Å²) >= 11 is 0. The highest BCUT2D eigenvalue weighted by atomic mass is 16.6. The van der Waals surface area contributed by atoms with Gasteiger partial charge in [0.05, 0.1) is 15.9 Å². The standard InChI is InChI=1S/C7H11N2.C6H4N2O5/c1-6-4-3-5-9(8)7(6)2;9-6-2-1-4(7(10)11)3-5(6)8(12)13/h3-5H,8H2,1-2H3;1-3,9H/q+1;/p-1. The van der Waals surface area contributed by atoms with E-state index >= 15 is 0 Å². The van der Waals surface area contributed by atoms with E-state index in [9.17, 15) is 25.3 Å². The SMILES string of the molecule is Cc1ccc[n+](N)c1C.O=[N+]([O-])c1ccc([O-])c([N+](=O)[O-])c1. The molecule has 0 fully saturated rings. The fraction of sp³-hybridized carbons (Fsp3) is 0.154. The molecule has 0 saturated heterocycles. The number of nitro benzene ring substituents is 2. The van der Waals surface area contributed by atoms with E-state index in [1.165, 1.54) is 5.56 Å². The first-order chi connectivity index (χ1) is 10.2. The van der Waals surface area contributed by atoms with E-state index in [1.807, 2.05) is 32.2 Å². The molecule has 9 heteroatoms. The zero-order valence-corrected chi connectivity index (χ0v) is 11.9. The first-order valence-corrected chi connectivity index (χ1v) is 6.07. The maximum Gasteiger partial charge on any atom is 0.276 e. The van der Waals surface area contributed by atoms with Gasteiger partial charge in [0.25, 0.3) is 11.4 Å². The second-order valence-corrected chi connectivity index (χ2v) is 4.35. The van der Waals surface area contributed by atoms with Gasteiger partial charge in [-0.25, -0.2) is 5.84 Å². The van der Waals surface area contributed by atoms with E-state index in [0.717, 1.165) is 17.8 Å². The van der Waals surface area contributed by atoms with Crippen LogP contribution in [0.1, 0.15) is 11.3 Å². The Labute approximate surface area is 125 Å². The van der Waals surface area contributed by atoms with Gasteiger partial charge in [-0.05, 0) is 18.7 Å². The highest BCUT2D eigenvalue weighted by Gasteiger charge is 2.13. The molecule has 9 nitrogen and oxygen atoms in total. The van der Waals surface area contributed by atoms with Crippen molar-refractivity contribution in [3.8, 4) is 5.75 Å². The van der Waals surface area contributed by atoms with Crippen molar-refractivity contribution in [3.63, 3.8) is 0 Å². The number of nitrogens with zero attached hydrogens (tertiary/aromatic N) is 3.